The second-order valence-corrected chi connectivity index (χ2v) is 24.6. The maximum absolute atomic E-state index is 12.6. The molecule has 0 aliphatic carbocycles. The SMILES string of the molecule is CC/C=C\C/C=C\C/C=C\C/C=C\C/C=C\CCCCCCCCCCCCCCCCCCCCCCCCCC(=O)NC(CO)C(O)CCCCCCCCCCCCCCCCCCCCCCCCCCCCCC. The Balaban J connectivity index is 3.39. The van der Waals surface area contributed by atoms with Crippen molar-refractivity contribution in [2.24, 2.45) is 0 Å². The van der Waals surface area contributed by atoms with E-state index < -0.39 is 12.1 Å². The number of allylic oxidation sites excluding steroid dienone is 10. The van der Waals surface area contributed by atoms with E-state index in [-0.39, 0.29) is 12.5 Å². The minimum Gasteiger partial charge on any atom is -0.394 e. The van der Waals surface area contributed by atoms with Crippen LogP contribution in [0.2, 0.25) is 0 Å². The molecule has 0 aliphatic rings. The molecule has 0 heterocycles. The van der Waals surface area contributed by atoms with E-state index in [0.29, 0.717) is 12.8 Å². The zero-order chi connectivity index (χ0) is 56.9. The molecule has 0 aliphatic heterocycles. The summed E-state index contributed by atoms with van der Waals surface area (Å²) in [5.74, 6) is -0.0232. The Morgan fingerprint density at radius 2 is 0.557 bits per heavy atom. The fraction of sp³-hybridized carbons (Fsp3) is 0.853. The Labute approximate surface area is 496 Å². The van der Waals surface area contributed by atoms with Crippen LogP contribution in [0.1, 0.15) is 393 Å². The zero-order valence-electron chi connectivity index (χ0n) is 53.7. The first-order chi connectivity index (χ1) is 39.2. The minimum atomic E-state index is -0.661. The van der Waals surface area contributed by atoms with Gasteiger partial charge in [0.15, 0.2) is 0 Å². The van der Waals surface area contributed by atoms with Crippen LogP contribution >= 0.6 is 0 Å². The molecule has 0 spiro atoms. The van der Waals surface area contributed by atoms with Crippen LogP contribution in [-0.4, -0.2) is 34.9 Å². The van der Waals surface area contributed by atoms with E-state index in [1.165, 1.54) is 308 Å². The molecule has 79 heavy (non-hydrogen) atoms. The number of aliphatic hydroxyl groups excluding tert-OH is 2. The van der Waals surface area contributed by atoms with Gasteiger partial charge < -0.3 is 15.5 Å². The van der Waals surface area contributed by atoms with Gasteiger partial charge in [-0.05, 0) is 57.8 Å². The van der Waals surface area contributed by atoms with Gasteiger partial charge in [-0.3, -0.25) is 4.79 Å². The summed E-state index contributed by atoms with van der Waals surface area (Å²) in [4.78, 5) is 12.6. The summed E-state index contributed by atoms with van der Waals surface area (Å²) in [6.07, 6.45) is 100. The number of nitrogens with one attached hydrogen (secondary N) is 1. The molecular weight excluding hydrogens is 963 g/mol. The predicted octanol–water partition coefficient (Wildman–Crippen LogP) is 24.7. The van der Waals surface area contributed by atoms with Gasteiger partial charge in [-0.2, -0.15) is 0 Å². The lowest BCUT2D eigenvalue weighted by atomic mass is 10.0. The van der Waals surface area contributed by atoms with Crippen molar-refractivity contribution >= 4 is 5.91 Å². The number of rotatable bonds is 67. The molecule has 4 heteroatoms. The minimum absolute atomic E-state index is 0.0232. The molecule has 0 saturated carbocycles. The van der Waals surface area contributed by atoms with E-state index >= 15 is 0 Å². The maximum atomic E-state index is 12.6. The van der Waals surface area contributed by atoms with Crippen molar-refractivity contribution in [3.05, 3.63) is 60.8 Å². The highest BCUT2D eigenvalue weighted by Crippen LogP contribution is 2.19. The third-order valence-corrected chi connectivity index (χ3v) is 16.8. The molecule has 0 aromatic rings. The van der Waals surface area contributed by atoms with Crippen molar-refractivity contribution in [3.8, 4) is 0 Å². The number of aliphatic hydroxyl groups is 2. The van der Waals surface area contributed by atoms with Gasteiger partial charge in [0.2, 0.25) is 5.91 Å². The number of amides is 1. The highest BCUT2D eigenvalue weighted by Gasteiger charge is 2.20. The summed E-state index contributed by atoms with van der Waals surface area (Å²) >= 11 is 0. The van der Waals surface area contributed by atoms with E-state index in [2.05, 4.69) is 79.9 Å². The van der Waals surface area contributed by atoms with E-state index in [0.717, 1.165) is 57.8 Å². The predicted molar refractivity (Wildman–Crippen MR) is 354 cm³/mol. The van der Waals surface area contributed by atoms with Crippen LogP contribution in [0.3, 0.4) is 0 Å². The Hall–Kier alpha value is -1.91. The lowest BCUT2D eigenvalue weighted by Gasteiger charge is -2.22. The molecule has 0 aromatic carbocycles. The highest BCUT2D eigenvalue weighted by molar-refractivity contribution is 5.76. The summed E-state index contributed by atoms with van der Waals surface area (Å²) in [6.45, 7) is 4.29. The molecule has 0 radical (unpaired) electrons. The van der Waals surface area contributed by atoms with E-state index in [4.69, 9.17) is 0 Å². The van der Waals surface area contributed by atoms with Crippen molar-refractivity contribution in [2.75, 3.05) is 6.61 Å². The van der Waals surface area contributed by atoms with Gasteiger partial charge >= 0.3 is 0 Å². The third-order valence-electron chi connectivity index (χ3n) is 16.8. The van der Waals surface area contributed by atoms with E-state index in [9.17, 15) is 15.0 Å². The Morgan fingerprint density at radius 1 is 0.316 bits per heavy atom. The van der Waals surface area contributed by atoms with Gasteiger partial charge in [-0.1, -0.05) is 389 Å². The summed E-state index contributed by atoms with van der Waals surface area (Å²) in [5, 5.41) is 23.5. The summed E-state index contributed by atoms with van der Waals surface area (Å²) in [6, 6.07) is -0.537. The van der Waals surface area contributed by atoms with Crippen LogP contribution < -0.4 is 5.32 Å². The number of unbranched alkanes of at least 4 members (excludes halogenated alkanes) is 50. The average molecular weight is 1100 g/mol. The lowest BCUT2D eigenvalue weighted by molar-refractivity contribution is -0.123. The first kappa shape index (κ1) is 77.1. The monoisotopic (exact) mass is 1100 g/mol. The Morgan fingerprint density at radius 3 is 0.835 bits per heavy atom. The molecule has 0 rings (SSSR count). The number of hydrogen-bond donors (Lipinski definition) is 3. The van der Waals surface area contributed by atoms with Crippen molar-refractivity contribution in [1.29, 1.82) is 0 Å². The summed E-state index contributed by atoms with van der Waals surface area (Å²) in [7, 11) is 0. The van der Waals surface area contributed by atoms with Crippen LogP contribution in [0.5, 0.6) is 0 Å². The largest absolute Gasteiger partial charge is 0.394 e. The van der Waals surface area contributed by atoms with Crippen LogP contribution in [0, 0.1) is 0 Å². The van der Waals surface area contributed by atoms with Gasteiger partial charge in [0.1, 0.15) is 0 Å². The van der Waals surface area contributed by atoms with Crippen LogP contribution in [-0.2, 0) is 4.79 Å². The fourth-order valence-electron chi connectivity index (χ4n) is 11.4. The topological polar surface area (TPSA) is 69.6 Å². The fourth-order valence-corrected chi connectivity index (χ4v) is 11.4. The molecule has 2 atom stereocenters. The number of carbonyl (C=O) groups excluding carboxylic acids is 1. The molecule has 0 bridgehead atoms. The molecule has 3 N–H and O–H groups in total. The molecular formula is C75H141NO3. The highest BCUT2D eigenvalue weighted by atomic mass is 16.3. The summed E-state index contributed by atoms with van der Waals surface area (Å²) < 4.78 is 0. The standard InChI is InChI=1S/C75H141NO3/c1-3-5-7-9-11-13-15-17-19-21-23-25-27-29-31-33-34-35-36-37-38-39-40-41-42-43-45-47-49-51-53-55-57-59-61-63-65-67-69-71-75(79)76-73(72-77)74(78)70-68-66-64-62-60-58-56-54-52-50-48-46-44-32-30-28-26-24-22-20-18-16-14-12-10-8-6-4-2/h5,7,11,13,17,19,23,25,29,31,73-74,77-78H,3-4,6,8-10,12,14-16,18,20-22,24,26-28,30,32-72H2,1-2H3,(H,76,79)/b7-5-,13-11-,19-17-,25-23-,31-29-. The molecule has 464 valence electrons. The molecule has 0 fully saturated rings. The number of carbonyl (C=O) groups is 1. The maximum Gasteiger partial charge on any atom is 0.220 e. The van der Waals surface area contributed by atoms with Crippen molar-refractivity contribution in [3.63, 3.8) is 0 Å². The van der Waals surface area contributed by atoms with Crippen LogP contribution in [0.15, 0.2) is 60.8 Å². The Bertz CT molecular complexity index is 1300. The molecule has 0 saturated heterocycles. The van der Waals surface area contributed by atoms with Gasteiger partial charge in [0, 0.05) is 6.42 Å². The third kappa shape index (κ3) is 66.8. The normalized spacial score (nSPS) is 13.0. The van der Waals surface area contributed by atoms with Crippen molar-refractivity contribution in [2.45, 2.75) is 405 Å². The first-order valence-corrected chi connectivity index (χ1v) is 36.0. The van der Waals surface area contributed by atoms with Crippen LogP contribution in [0.25, 0.3) is 0 Å². The van der Waals surface area contributed by atoms with Gasteiger partial charge in [-0.25, -0.2) is 0 Å². The van der Waals surface area contributed by atoms with Gasteiger partial charge in [0.25, 0.3) is 0 Å². The Kier molecular flexibility index (Phi) is 68.7. The van der Waals surface area contributed by atoms with Crippen LogP contribution in [0.4, 0.5) is 0 Å². The molecule has 2 unspecified atom stereocenters. The lowest BCUT2D eigenvalue weighted by Crippen LogP contribution is -2.45. The van der Waals surface area contributed by atoms with Crippen molar-refractivity contribution < 1.29 is 15.0 Å². The van der Waals surface area contributed by atoms with Gasteiger partial charge in [0.05, 0.1) is 18.8 Å². The molecule has 1 amide bonds. The molecule has 4 nitrogen and oxygen atoms in total. The second-order valence-electron chi connectivity index (χ2n) is 24.6. The average Bonchev–Trinajstić information content (AvgIpc) is 3.45. The van der Waals surface area contributed by atoms with Crippen molar-refractivity contribution in [1.82, 2.24) is 5.32 Å². The van der Waals surface area contributed by atoms with E-state index in [1.54, 1.807) is 0 Å². The first-order valence-electron chi connectivity index (χ1n) is 36.0. The smallest absolute Gasteiger partial charge is 0.220 e. The van der Waals surface area contributed by atoms with Gasteiger partial charge in [-0.15, -0.1) is 0 Å². The van der Waals surface area contributed by atoms with E-state index in [1.807, 2.05) is 0 Å². The molecule has 0 aromatic heterocycles. The second kappa shape index (κ2) is 70.4. The summed E-state index contributed by atoms with van der Waals surface area (Å²) in [5.41, 5.74) is 0. The zero-order valence-corrected chi connectivity index (χ0v) is 53.7. The number of hydrogen-bond acceptors (Lipinski definition) is 3. The quantitative estimate of drug-likeness (QED) is 0.0420.